The molecule has 1 aromatic carbocycles. The van der Waals surface area contributed by atoms with Crippen molar-refractivity contribution in [3.8, 4) is 0 Å². The van der Waals surface area contributed by atoms with Crippen molar-refractivity contribution in [2.75, 3.05) is 13.1 Å². The van der Waals surface area contributed by atoms with Crippen LogP contribution < -0.4 is 5.32 Å². The van der Waals surface area contributed by atoms with Crippen molar-refractivity contribution in [2.45, 2.75) is 18.9 Å². The van der Waals surface area contributed by atoms with E-state index in [0.29, 0.717) is 12.0 Å². The van der Waals surface area contributed by atoms with Crippen molar-refractivity contribution in [3.05, 3.63) is 35.6 Å². The predicted molar refractivity (Wildman–Crippen MR) is 57.1 cm³/mol. The third-order valence-corrected chi connectivity index (χ3v) is 3.01. The molecule has 0 aromatic heterocycles. The maximum Gasteiger partial charge on any atom is 0.126 e. The second kappa shape index (κ2) is 4.73. The van der Waals surface area contributed by atoms with Crippen molar-refractivity contribution in [1.82, 2.24) is 5.32 Å². The van der Waals surface area contributed by atoms with Gasteiger partial charge in [-0.05, 0) is 31.0 Å². The van der Waals surface area contributed by atoms with Crippen molar-refractivity contribution < 1.29 is 9.50 Å². The zero-order chi connectivity index (χ0) is 10.7. The Hall–Kier alpha value is -0.930. The van der Waals surface area contributed by atoms with Crippen LogP contribution in [-0.2, 0) is 6.42 Å². The average molecular weight is 209 g/mol. The molecule has 0 radical (unpaired) electrons. The summed E-state index contributed by atoms with van der Waals surface area (Å²) in [4.78, 5) is 0. The maximum absolute atomic E-state index is 13.4. The van der Waals surface area contributed by atoms with Crippen LogP contribution in [0.3, 0.4) is 0 Å². The number of piperidine rings is 1. The number of hydrogen-bond donors (Lipinski definition) is 2. The first-order valence-electron chi connectivity index (χ1n) is 5.39. The maximum atomic E-state index is 13.4. The molecular formula is C12H16FNO. The summed E-state index contributed by atoms with van der Waals surface area (Å²) in [6, 6.07) is 6.78. The Morgan fingerprint density at radius 2 is 2.20 bits per heavy atom. The highest BCUT2D eigenvalue weighted by atomic mass is 19.1. The standard InChI is InChI=1S/C12H16FNO/c13-11-4-2-1-3-9(11)7-10-8-14-6-5-12(10)15/h1-4,10,12,14-15H,5-8H2. The lowest BCUT2D eigenvalue weighted by atomic mass is 9.89. The first-order valence-corrected chi connectivity index (χ1v) is 5.39. The minimum Gasteiger partial charge on any atom is -0.393 e. The van der Waals surface area contributed by atoms with E-state index in [4.69, 9.17) is 0 Å². The van der Waals surface area contributed by atoms with Gasteiger partial charge in [0.15, 0.2) is 0 Å². The van der Waals surface area contributed by atoms with Crippen molar-refractivity contribution >= 4 is 0 Å². The van der Waals surface area contributed by atoms with Gasteiger partial charge in [0.25, 0.3) is 0 Å². The second-order valence-corrected chi connectivity index (χ2v) is 4.12. The molecule has 15 heavy (non-hydrogen) atoms. The highest BCUT2D eigenvalue weighted by Crippen LogP contribution is 2.18. The van der Waals surface area contributed by atoms with E-state index in [0.717, 1.165) is 19.5 Å². The van der Waals surface area contributed by atoms with E-state index < -0.39 is 0 Å². The molecule has 1 fully saturated rings. The van der Waals surface area contributed by atoms with Crippen LogP contribution in [0.1, 0.15) is 12.0 Å². The summed E-state index contributed by atoms with van der Waals surface area (Å²) in [7, 11) is 0. The number of aliphatic hydroxyl groups is 1. The summed E-state index contributed by atoms with van der Waals surface area (Å²) in [5.74, 6) is -0.0362. The number of hydrogen-bond acceptors (Lipinski definition) is 2. The van der Waals surface area contributed by atoms with Gasteiger partial charge in [-0.15, -0.1) is 0 Å². The molecule has 1 heterocycles. The molecule has 2 rings (SSSR count). The molecule has 1 aliphatic heterocycles. The Morgan fingerprint density at radius 1 is 1.40 bits per heavy atom. The van der Waals surface area contributed by atoms with E-state index >= 15 is 0 Å². The lowest BCUT2D eigenvalue weighted by Crippen LogP contribution is -2.40. The second-order valence-electron chi connectivity index (χ2n) is 4.12. The molecule has 1 aromatic rings. The van der Waals surface area contributed by atoms with Crippen LogP contribution in [-0.4, -0.2) is 24.3 Å². The molecule has 1 saturated heterocycles. The van der Waals surface area contributed by atoms with Gasteiger partial charge in [-0.2, -0.15) is 0 Å². The molecule has 82 valence electrons. The van der Waals surface area contributed by atoms with Crippen molar-refractivity contribution in [2.24, 2.45) is 5.92 Å². The third kappa shape index (κ3) is 2.55. The molecule has 0 saturated carbocycles. The SMILES string of the molecule is OC1CCNCC1Cc1ccccc1F. The van der Waals surface area contributed by atoms with E-state index in [-0.39, 0.29) is 17.8 Å². The number of rotatable bonds is 2. The van der Waals surface area contributed by atoms with Crippen LogP contribution in [0.4, 0.5) is 4.39 Å². The van der Waals surface area contributed by atoms with E-state index in [1.165, 1.54) is 6.07 Å². The summed E-state index contributed by atoms with van der Waals surface area (Å²) in [6.45, 7) is 1.63. The Morgan fingerprint density at radius 3 is 2.93 bits per heavy atom. The fraction of sp³-hybridized carbons (Fsp3) is 0.500. The Kier molecular flexibility index (Phi) is 3.34. The minimum absolute atomic E-state index is 0.135. The minimum atomic E-state index is -0.300. The summed E-state index contributed by atoms with van der Waals surface area (Å²) in [5.41, 5.74) is 0.699. The van der Waals surface area contributed by atoms with Gasteiger partial charge in [-0.25, -0.2) is 4.39 Å². The van der Waals surface area contributed by atoms with E-state index in [1.807, 2.05) is 6.07 Å². The molecule has 0 spiro atoms. The van der Waals surface area contributed by atoms with E-state index in [1.54, 1.807) is 12.1 Å². The molecule has 2 N–H and O–H groups in total. The summed E-state index contributed by atoms with van der Waals surface area (Å²) in [6.07, 6.45) is 1.07. The fourth-order valence-electron chi connectivity index (χ4n) is 2.06. The molecular weight excluding hydrogens is 193 g/mol. The van der Waals surface area contributed by atoms with Crippen LogP contribution >= 0.6 is 0 Å². The topological polar surface area (TPSA) is 32.3 Å². The fourth-order valence-corrected chi connectivity index (χ4v) is 2.06. The van der Waals surface area contributed by atoms with Gasteiger partial charge in [0, 0.05) is 12.5 Å². The zero-order valence-electron chi connectivity index (χ0n) is 8.62. The van der Waals surface area contributed by atoms with Gasteiger partial charge in [0.05, 0.1) is 6.10 Å². The largest absolute Gasteiger partial charge is 0.393 e. The molecule has 0 amide bonds. The number of halogens is 1. The Balaban J connectivity index is 2.04. The Bertz CT molecular complexity index is 329. The molecule has 3 heteroatoms. The van der Waals surface area contributed by atoms with Crippen LogP contribution in [0.5, 0.6) is 0 Å². The first-order chi connectivity index (χ1) is 7.27. The molecule has 2 atom stereocenters. The normalized spacial score (nSPS) is 26.5. The molecule has 2 nitrogen and oxygen atoms in total. The van der Waals surface area contributed by atoms with Gasteiger partial charge in [0.2, 0.25) is 0 Å². The summed E-state index contributed by atoms with van der Waals surface area (Å²) < 4.78 is 13.4. The lowest BCUT2D eigenvalue weighted by molar-refractivity contribution is 0.0787. The lowest BCUT2D eigenvalue weighted by Gasteiger charge is -2.28. The van der Waals surface area contributed by atoms with Crippen molar-refractivity contribution in [3.63, 3.8) is 0 Å². The van der Waals surface area contributed by atoms with Crippen LogP contribution in [0.2, 0.25) is 0 Å². The molecule has 0 bridgehead atoms. The van der Waals surface area contributed by atoms with Crippen LogP contribution in [0.15, 0.2) is 24.3 Å². The molecule has 2 unspecified atom stereocenters. The predicted octanol–water partition coefficient (Wildman–Crippen LogP) is 1.34. The molecule has 0 aliphatic carbocycles. The molecule has 1 aliphatic rings. The quantitative estimate of drug-likeness (QED) is 0.770. The highest BCUT2D eigenvalue weighted by Gasteiger charge is 2.23. The van der Waals surface area contributed by atoms with Crippen LogP contribution in [0, 0.1) is 11.7 Å². The smallest absolute Gasteiger partial charge is 0.126 e. The van der Waals surface area contributed by atoms with Crippen molar-refractivity contribution in [1.29, 1.82) is 0 Å². The van der Waals surface area contributed by atoms with Crippen LogP contribution in [0.25, 0.3) is 0 Å². The third-order valence-electron chi connectivity index (χ3n) is 3.01. The Labute approximate surface area is 89.1 Å². The zero-order valence-corrected chi connectivity index (χ0v) is 8.62. The summed E-state index contributed by atoms with van der Waals surface area (Å²) >= 11 is 0. The van der Waals surface area contributed by atoms with E-state index in [9.17, 15) is 9.50 Å². The van der Waals surface area contributed by atoms with E-state index in [2.05, 4.69) is 5.32 Å². The average Bonchev–Trinajstić information content (AvgIpc) is 2.24. The number of aliphatic hydroxyl groups excluding tert-OH is 1. The van der Waals surface area contributed by atoms with Gasteiger partial charge >= 0.3 is 0 Å². The van der Waals surface area contributed by atoms with Gasteiger partial charge in [-0.1, -0.05) is 18.2 Å². The van der Waals surface area contributed by atoms with Gasteiger partial charge in [-0.3, -0.25) is 0 Å². The number of benzene rings is 1. The van der Waals surface area contributed by atoms with Gasteiger partial charge in [0.1, 0.15) is 5.82 Å². The highest BCUT2D eigenvalue weighted by molar-refractivity contribution is 5.18. The number of nitrogens with one attached hydrogen (secondary N) is 1. The van der Waals surface area contributed by atoms with Gasteiger partial charge < -0.3 is 10.4 Å². The monoisotopic (exact) mass is 209 g/mol. The first kappa shape index (κ1) is 10.6. The summed E-state index contributed by atoms with van der Waals surface area (Å²) in [5, 5.41) is 13.0.